The monoisotopic (exact) mass is 695 g/mol. The Kier molecular flexibility index (Phi) is 8.17. The van der Waals surface area contributed by atoms with Crippen LogP contribution in [-0.4, -0.2) is 82.8 Å². The SMILES string of the molecule is C=CC(=O)N1CC[C@@H](N(C)c2nc(OC[C@]34CCCN3C[C@H](F)C4)nc3c(F)c(-c4ccc(F)c5sc(N)c(C#N)c45)c(Cl)cc23)[C@H]1C. The molecule has 9 nitrogen and oxygen atoms in total. The molecule has 2 N–H and O–H groups in total. The van der Waals surface area contributed by atoms with Crippen molar-refractivity contribution in [2.75, 3.05) is 43.9 Å². The minimum atomic E-state index is -0.961. The van der Waals surface area contributed by atoms with Gasteiger partial charge in [-0.3, -0.25) is 9.69 Å². The zero-order chi connectivity index (χ0) is 34.1. The maximum absolute atomic E-state index is 17.0. The largest absolute Gasteiger partial charge is 0.461 e. The Labute approximate surface area is 284 Å². The number of hydrogen-bond acceptors (Lipinski definition) is 9. The van der Waals surface area contributed by atoms with E-state index in [2.05, 4.69) is 16.5 Å². The number of anilines is 2. The van der Waals surface area contributed by atoms with E-state index < -0.39 is 23.3 Å². The van der Waals surface area contributed by atoms with E-state index in [4.69, 9.17) is 27.1 Å². The van der Waals surface area contributed by atoms with Gasteiger partial charge in [0.25, 0.3) is 0 Å². The quantitative estimate of drug-likeness (QED) is 0.219. The van der Waals surface area contributed by atoms with Crippen molar-refractivity contribution in [2.24, 2.45) is 0 Å². The van der Waals surface area contributed by atoms with Crippen LogP contribution in [0.4, 0.5) is 24.0 Å². The number of benzene rings is 2. The molecule has 2 aromatic carbocycles. The molecule has 3 aliphatic heterocycles. The van der Waals surface area contributed by atoms with Crippen LogP contribution in [0.5, 0.6) is 6.01 Å². The van der Waals surface area contributed by atoms with Crippen LogP contribution in [0.2, 0.25) is 5.02 Å². The highest BCUT2D eigenvalue weighted by molar-refractivity contribution is 7.23. The molecule has 1 amide bonds. The zero-order valence-electron chi connectivity index (χ0n) is 26.4. The number of nitrogen functional groups attached to an aromatic ring is 1. The van der Waals surface area contributed by atoms with Gasteiger partial charge in [-0.05, 0) is 56.5 Å². The summed E-state index contributed by atoms with van der Waals surface area (Å²) < 4.78 is 52.8. The van der Waals surface area contributed by atoms with E-state index in [0.29, 0.717) is 37.1 Å². The van der Waals surface area contributed by atoms with Gasteiger partial charge in [0.2, 0.25) is 5.91 Å². The van der Waals surface area contributed by atoms with Crippen LogP contribution in [0.1, 0.15) is 38.2 Å². The molecule has 0 spiro atoms. The number of ether oxygens (including phenoxy) is 1. The number of carbonyl (C=O) groups is 1. The average Bonchev–Trinajstić information content (AvgIpc) is 3.81. The number of halogens is 4. The second kappa shape index (κ2) is 12.1. The number of likely N-dealkylation sites (N-methyl/N-ethyl adjacent to an activating group) is 1. The van der Waals surface area contributed by atoms with E-state index in [9.17, 15) is 18.8 Å². The highest BCUT2D eigenvalue weighted by Crippen LogP contribution is 2.46. The molecule has 5 heterocycles. The lowest BCUT2D eigenvalue weighted by Gasteiger charge is -2.33. The molecule has 48 heavy (non-hydrogen) atoms. The maximum atomic E-state index is 17.0. The topological polar surface area (TPSA) is 112 Å². The predicted octanol–water partition coefficient (Wildman–Crippen LogP) is 6.46. The van der Waals surface area contributed by atoms with Crippen molar-refractivity contribution in [3.8, 4) is 23.2 Å². The van der Waals surface area contributed by atoms with Gasteiger partial charge in [0.05, 0.1) is 26.9 Å². The first-order valence-electron chi connectivity index (χ1n) is 15.8. The van der Waals surface area contributed by atoms with Crippen LogP contribution in [-0.2, 0) is 4.79 Å². The van der Waals surface area contributed by atoms with E-state index in [1.54, 1.807) is 11.0 Å². The number of nitriles is 1. The second-order valence-electron chi connectivity index (χ2n) is 12.8. The summed E-state index contributed by atoms with van der Waals surface area (Å²) in [7, 11) is 1.81. The summed E-state index contributed by atoms with van der Waals surface area (Å²) in [4.78, 5) is 27.5. The molecule has 2 aromatic heterocycles. The van der Waals surface area contributed by atoms with Crippen molar-refractivity contribution in [3.63, 3.8) is 0 Å². The van der Waals surface area contributed by atoms with E-state index in [1.807, 2.05) is 24.9 Å². The zero-order valence-corrected chi connectivity index (χ0v) is 28.0. The highest BCUT2D eigenvalue weighted by Gasteiger charge is 2.49. The third kappa shape index (κ3) is 5.04. The number of nitrogens with zero attached hydrogens (tertiary/aromatic N) is 6. The fourth-order valence-electron chi connectivity index (χ4n) is 7.92. The molecular formula is C34H33ClF3N7O2S. The van der Waals surface area contributed by atoms with Crippen molar-refractivity contribution >= 4 is 60.7 Å². The van der Waals surface area contributed by atoms with Gasteiger partial charge < -0.3 is 20.3 Å². The van der Waals surface area contributed by atoms with Crippen molar-refractivity contribution in [1.82, 2.24) is 19.8 Å². The molecule has 3 fully saturated rings. The molecule has 0 aliphatic carbocycles. The number of amides is 1. The van der Waals surface area contributed by atoms with Gasteiger partial charge in [0.15, 0.2) is 5.82 Å². The van der Waals surface area contributed by atoms with E-state index in [0.717, 1.165) is 30.7 Å². The molecule has 0 bridgehead atoms. The van der Waals surface area contributed by atoms with Crippen molar-refractivity contribution < 1.29 is 22.7 Å². The number of rotatable bonds is 7. The van der Waals surface area contributed by atoms with E-state index in [1.165, 1.54) is 18.2 Å². The summed E-state index contributed by atoms with van der Waals surface area (Å²) in [6, 6.07) is 5.62. The Bertz CT molecular complexity index is 2040. The van der Waals surface area contributed by atoms with Gasteiger partial charge in [-0.1, -0.05) is 24.2 Å². The molecule has 4 aromatic rings. The van der Waals surface area contributed by atoms with Crippen molar-refractivity contribution in [3.05, 3.63) is 53.1 Å². The summed E-state index contributed by atoms with van der Waals surface area (Å²) in [5.74, 6) is -1.25. The van der Waals surface area contributed by atoms with Gasteiger partial charge in [0, 0.05) is 48.9 Å². The molecule has 4 atom stereocenters. The number of thiophene rings is 1. The molecule has 7 rings (SSSR count). The first-order valence-corrected chi connectivity index (χ1v) is 17.0. The van der Waals surface area contributed by atoms with Gasteiger partial charge in [-0.25, -0.2) is 13.2 Å². The van der Waals surface area contributed by atoms with Crippen molar-refractivity contribution in [2.45, 2.75) is 56.4 Å². The normalized spacial score (nSPS) is 23.9. The third-order valence-electron chi connectivity index (χ3n) is 10.3. The van der Waals surface area contributed by atoms with Crippen molar-refractivity contribution in [1.29, 1.82) is 5.26 Å². The standard InChI is InChI=1S/C34H33ClF3N7O2S/c1-4-25(46)45-11-8-24(17(45)2)43(3)32-20-12-22(35)27(19-6-7-23(37)30-26(19)21(14-39)31(40)48-30)28(38)29(20)41-33(42-32)47-16-34-9-5-10-44(34)15-18(36)13-34/h4,6-7,12,17-18,24H,1,5,8-11,13,15-16,40H2,2-3H3/t17-,18-,24-,34-/m1/s1. The summed E-state index contributed by atoms with van der Waals surface area (Å²) in [5.41, 5.74) is 5.62. The van der Waals surface area contributed by atoms with Crippen LogP contribution in [0.15, 0.2) is 30.9 Å². The lowest BCUT2D eigenvalue weighted by atomic mass is 9.95. The summed E-state index contributed by atoms with van der Waals surface area (Å²) in [6.45, 7) is 7.30. The van der Waals surface area contributed by atoms with Gasteiger partial charge in [-0.15, -0.1) is 11.3 Å². The van der Waals surface area contributed by atoms with Crippen LogP contribution in [0.3, 0.4) is 0 Å². The van der Waals surface area contributed by atoms with Crippen LogP contribution >= 0.6 is 22.9 Å². The van der Waals surface area contributed by atoms with Gasteiger partial charge >= 0.3 is 6.01 Å². The Morgan fingerprint density at radius 1 is 1.35 bits per heavy atom. The van der Waals surface area contributed by atoms with Crippen LogP contribution in [0.25, 0.3) is 32.1 Å². The molecule has 0 saturated carbocycles. The molecule has 0 radical (unpaired) electrons. The average molecular weight is 696 g/mol. The van der Waals surface area contributed by atoms with Crippen LogP contribution < -0.4 is 15.4 Å². The lowest BCUT2D eigenvalue weighted by Crippen LogP contribution is -2.44. The lowest BCUT2D eigenvalue weighted by molar-refractivity contribution is -0.126. The number of fused-ring (bicyclic) bond motifs is 3. The fraction of sp³-hybridized carbons (Fsp3) is 0.412. The van der Waals surface area contributed by atoms with E-state index >= 15 is 4.39 Å². The predicted molar refractivity (Wildman–Crippen MR) is 181 cm³/mol. The Morgan fingerprint density at radius 3 is 2.90 bits per heavy atom. The Morgan fingerprint density at radius 2 is 2.15 bits per heavy atom. The van der Waals surface area contributed by atoms with Crippen LogP contribution in [0, 0.1) is 23.0 Å². The molecule has 3 aliphatic rings. The number of nitrogens with two attached hydrogens (primary N) is 1. The number of carbonyl (C=O) groups excluding carboxylic acids is 1. The molecule has 14 heteroatoms. The maximum Gasteiger partial charge on any atom is 0.319 e. The third-order valence-corrected chi connectivity index (χ3v) is 11.6. The number of aromatic nitrogens is 2. The Balaban J connectivity index is 1.38. The minimum Gasteiger partial charge on any atom is -0.461 e. The summed E-state index contributed by atoms with van der Waals surface area (Å²) in [6.07, 6.45) is 2.96. The number of likely N-dealkylation sites (tertiary alicyclic amines) is 1. The molecule has 250 valence electrons. The Hall–Kier alpha value is -4.12. The smallest absolute Gasteiger partial charge is 0.319 e. The molecular weight excluding hydrogens is 663 g/mol. The first kappa shape index (κ1) is 32.4. The number of alkyl halides is 1. The molecule has 0 unspecified atom stereocenters. The molecule has 3 saturated heterocycles. The fourth-order valence-corrected chi connectivity index (χ4v) is 9.17. The summed E-state index contributed by atoms with van der Waals surface area (Å²) in [5, 5.41) is 10.4. The van der Waals surface area contributed by atoms with Gasteiger partial charge in [-0.2, -0.15) is 15.2 Å². The van der Waals surface area contributed by atoms with E-state index in [-0.39, 0.29) is 72.9 Å². The summed E-state index contributed by atoms with van der Waals surface area (Å²) >= 11 is 7.74. The number of hydrogen-bond donors (Lipinski definition) is 1. The minimum absolute atomic E-state index is 0.00292. The van der Waals surface area contributed by atoms with Gasteiger partial charge in [0.1, 0.15) is 41.0 Å². The first-order chi connectivity index (χ1) is 23.0. The second-order valence-corrected chi connectivity index (χ2v) is 14.3. The highest BCUT2D eigenvalue weighted by atomic mass is 35.5.